The van der Waals surface area contributed by atoms with Crippen LogP contribution in [0.3, 0.4) is 0 Å². The molecule has 1 aromatic carbocycles. The van der Waals surface area contributed by atoms with Crippen molar-refractivity contribution in [1.29, 1.82) is 0 Å². The van der Waals surface area contributed by atoms with Gasteiger partial charge in [0.1, 0.15) is 0 Å². The van der Waals surface area contributed by atoms with Gasteiger partial charge in [0, 0.05) is 10.1 Å². The Morgan fingerprint density at radius 3 is 2.72 bits per heavy atom. The van der Waals surface area contributed by atoms with E-state index in [1.165, 1.54) is 6.07 Å². The van der Waals surface area contributed by atoms with Crippen LogP contribution in [0.4, 0.5) is 10.5 Å². The Morgan fingerprint density at radius 2 is 2.11 bits per heavy atom. The zero-order valence-corrected chi connectivity index (χ0v) is 11.7. The summed E-state index contributed by atoms with van der Waals surface area (Å²) in [6.45, 7) is 0.651. The van der Waals surface area contributed by atoms with Crippen LogP contribution in [-0.2, 0) is 0 Å². The van der Waals surface area contributed by atoms with Crippen molar-refractivity contribution in [3.05, 3.63) is 27.3 Å². The zero-order valence-electron chi connectivity index (χ0n) is 9.57. The molecule has 5 nitrogen and oxygen atoms in total. The van der Waals surface area contributed by atoms with Gasteiger partial charge in [0.2, 0.25) is 0 Å². The molecule has 2 amide bonds. The maximum atomic E-state index is 11.6. The topological polar surface area (TPSA) is 78.4 Å². The molecule has 2 rings (SSSR count). The van der Waals surface area contributed by atoms with Gasteiger partial charge in [-0.05, 0) is 59.5 Å². The van der Waals surface area contributed by atoms with Crippen molar-refractivity contribution in [3.63, 3.8) is 0 Å². The summed E-state index contributed by atoms with van der Waals surface area (Å²) in [5.74, 6) is -0.461. The SMILES string of the molecule is O=C(NCC1CC1)Nc1ccc(I)cc1C(=O)O. The fourth-order valence-electron chi connectivity index (χ4n) is 1.53. The maximum Gasteiger partial charge on any atom is 0.337 e. The Labute approximate surface area is 118 Å². The smallest absolute Gasteiger partial charge is 0.337 e. The molecule has 6 heteroatoms. The normalized spacial score (nSPS) is 14.1. The summed E-state index contributed by atoms with van der Waals surface area (Å²) in [4.78, 5) is 22.6. The number of rotatable bonds is 4. The Morgan fingerprint density at radius 1 is 1.39 bits per heavy atom. The van der Waals surface area contributed by atoms with Gasteiger partial charge >= 0.3 is 12.0 Å². The van der Waals surface area contributed by atoms with Crippen LogP contribution in [0, 0.1) is 9.49 Å². The summed E-state index contributed by atoms with van der Waals surface area (Å²) in [6.07, 6.45) is 2.31. The molecule has 1 aliphatic carbocycles. The van der Waals surface area contributed by atoms with Gasteiger partial charge in [-0.15, -0.1) is 0 Å². The molecule has 18 heavy (non-hydrogen) atoms. The van der Waals surface area contributed by atoms with Gasteiger partial charge in [0.05, 0.1) is 11.3 Å². The molecule has 0 unspecified atom stereocenters. The molecule has 1 saturated carbocycles. The Balaban J connectivity index is 2.02. The minimum Gasteiger partial charge on any atom is -0.478 e. The van der Waals surface area contributed by atoms with Gasteiger partial charge in [0.25, 0.3) is 0 Å². The lowest BCUT2D eigenvalue weighted by Crippen LogP contribution is -2.31. The van der Waals surface area contributed by atoms with E-state index in [1.807, 2.05) is 22.6 Å². The lowest BCUT2D eigenvalue weighted by Gasteiger charge is -2.10. The molecule has 0 heterocycles. The summed E-state index contributed by atoms with van der Waals surface area (Å²) in [5.41, 5.74) is 0.416. The molecule has 0 bridgehead atoms. The second kappa shape index (κ2) is 5.55. The van der Waals surface area contributed by atoms with Crippen molar-refractivity contribution >= 4 is 40.3 Å². The molecule has 0 aromatic heterocycles. The van der Waals surface area contributed by atoms with Gasteiger partial charge in [-0.2, -0.15) is 0 Å². The maximum absolute atomic E-state index is 11.6. The van der Waals surface area contributed by atoms with E-state index in [0.717, 1.165) is 16.4 Å². The average molecular weight is 360 g/mol. The van der Waals surface area contributed by atoms with Crippen molar-refractivity contribution < 1.29 is 14.7 Å². The molecule has 1 aromatic rings. The van der Waals surface area contributed by atoms with E-state index in [0.29, 0.717) is 18.2 Å². The molecule has 0 spiro atoms. The number of carbonyl (C=O) groups is 2. The van der Waals surface area contributed by atoms with E-state index in [-0.39, 0.29) is 11.6 Å². The van der Waals surface area contributed by atoms with Crippen molar-refractivity contribution in [2.24, 2.45) is 5.92 Å². The first kappa shape index (κ1) is 13.1. The predicted octanol–water partition coefficient (Wildman–Crippen LogP) is 2.52. The summed E-state index contributed by atoms with van der Waals surface area (Å²) < 4.78 is 0.814. The van der Waals surface area contributed by atoms with Crippen LogP contribution < -0.4 is 10.6 Å². The summed E-state index contributed by atoms with van der Waals surface area (Å²) in [5, 5.41) is 14.4. The predicted molar refractivity (Wildman–Crippen MR) is 75.9 cm³/mol. The second-order valence-electron chi connectivity index (χ2n) is 4.27. The van der Waals surface area contributed by atoms with E-state index in [9.17, 15) is 9.59 Å². The number of carbonyl (C=O) groups excluding carboxylic acids is 1. The highest BCUT2D eigenvalue weighted by Crippen LogP contribution is 2.27. The van der Waals surface area contributed by atoms with E-state index in [4.69, 9.17) is 5.11 Å². The number of benzene rings is 1. The molecule has 3 N–H and O–H groups in total. The third kappa shape index (κ3) is 3.59. The van der Waals surface area contributed by atoms with Crippen molar-refractivity contribution in [1.82, 2.24) is 5.32 Å². The third-order valence-corrected chi connectivity index (χ3v) is 3.38. The van der Waals surface area contributed by atoms with Gasteiger partial charge in [-0.25, -0.2) is 9.59 Å². The Bertz CT molecular complexity index is 486. The molecule has 0 saturated heterocycles. The van der Waals surface area contributed by atoms with Crippen molar-refractivity contribution in [2.75, 3.05) is 11.9 Å². The number of carboxylic acid groups (broad SMARTS) is 1. The molecule has 96 valence electrons. The monoisotopic (exact) mass is 360 g/mol. The highest BCUT2D eigenvalue weighted by molar-refractivity contribution is 14.1. The second-order valence-corrected chi connectivity index (χ2v) is 5.52. The van der Waals surface area contributed by atoms with E-state index < -0.39 is 5.97 Å². The molecule has 0 atom stereocenters. The van der Waals surface area contributed by atoms with Crippen LogP contribution in [0.1, 0.15) is 23.2 Å². The number of urea groups is 1. The highest BCUT2D eigenvalue weighted by Gasteiger charge is 2.22. The van der Waals surface area contributed by atoms with Gasteiger partial charge in [0.15, 0.2) is 0 Å². The fraction of sp³-hybridized carbons (Fsp3) is 0.333. The van der Waals surface area contributed by atoms with Crippen molar-refractivity contribution in [3.8, 4) is 0 Å². The zero-order chi connectivity index (χ0) is 13.1. The third-order valence-electron chi connectivity index (χ3n) is 2.71. The van der Waals surface area contributed by atoms with E-state index >= 15 is 0 Å². The first-order valence-electron chi connectivity index (χ1n) is 5.64. The Hall–Kier alpha value is -1.31. The summed E-state index contributed by atoms with van der Waals surface area (Å²) in [6, 6.07) is 4.52. The molecule has 0 aliphatic heterocycles. The number of hydrogen-bond donors (Lipinski definition) is 3. The highest BCUT2D eigenvalue weighted by atomic mass is 127. The van der Waals surface area contributed by atoms with Crippen LogP contribution in [0.2, 0.25) is 0 Å². The van der Waals surface area contributed by atoms with Gasteiger partial charge in [-0.3, -0.25) is 0 Å². The minimum absolute atomic E-state index is 0.100. The van der Waals surface area contributed by atoms with Crippen LogP contribution in [0.25, 0.3) is 0 Å². The van der Waals surface area contributed by atoms with E-state index in [2.05, 4.69) is 10.6 Å². The Kier molecular flexibility index (Phi) is 4.05. The molecule has 0 radical (unpaired) electrons. The first-order chi connectivity index (χ1) is 8.56. The summed E-state index contributed by atoms with van der Waals surface area (Å²) >= 11 is 2.03. The van der Waals surface area contributed by atoms with E-state index in [1.54, 1.807) is 12.1 Å². The molecule has 1 aliphatic rings. The quantitative estimate of drug-likeness (QED) is 0.722. The molecular formula is C12H13IN2O3. The van der Waals surface area contributed by atoms with Crippen LogP contribution in [0.15, 0.2) is 18.2 Å². The molecule has 1 fully saturated rings. The number of aromatic carboxylic acids is 1. The fourth-order valence-corrected chi connectivity index (χ4v) is 2.02. The lowest BCUT2D eigenvalue weighted by molar-refractivity contribution is 0.0698. The number of hydrogen-bond acceptors (Lipinski definition) is 2. The largest absolute Gasteiger partial charge is 0.478 e. The summed E-state index contributed by atoms with van der Waals surface area (Å²) in [7, 11) is 0. The molecular weight excluding hydrogens is 347 g/mol. The van der Waals surface area contributed by atoms with Gasteiger partial charge < -0.3 is 15.7 Å². The minimum atomic E-state index is -1.05. The van der Waals surface area contributed by atoms with Gasteiger partial charge in [-0.1, -0.05) is 0 Å². The number of anilines is 1. The standard InChI is InChI=1S/C12H13IN2O3/c13-8-3-4-10(9(5-8)11(16)17)15-12(18)14-6-7-1-2-7/h3-5,7H,1-2,6H2,(H,16,17)(H2,14,15,18). The van der Waals surface area contributed by atoms with Crippen LogP contribution in [-0.4, -0.2) is 23.7 Å². The van der Waals surface area contributed by atoms with Crippen molar-refractivity contribution in [2.45, 2.75) is 12.8 Å². The number of halogens is 1. The number of carboxylic acids is 1. The first-order valence-corrected chi connectivity index (χ1v) is 6.72. The lowest BCUT2D eigenvalue weighted by atomic mass is 10.2. The number of amides is 2. The van der Waals surface area contributed by atoms with Crippen LogP contribution in [0.5, 0.6) is 0 Å². The average Bonchev–Trinajstić information content (AvgIpc) is 3.12. The van der Waals surface area contributed by atoms with Crippen LogP contribution >= 0.6 is 22.6 Å². The number of nitrogens with one attached hydrogen (secondary N) is 2.